The van der Waals surface area contributed by atoms with Gasteiger partial charge in [-0.3, -0.25) is 4.79 Å². The molecule has 2 N–H and O–H groups in total. The molecule has 2 aromatic rings. The second-order valence-electron chi connectivity index (χ2n) is 4.60. The Bertz CT molecular complexity index is 715. The highest BCUT2D eigenvalue weighted by Gasteiger charge is 2.13. The zero-order chi connectivity index (χ0) is 16.8. The Kier molecular flexibility index (Phi) is 5.84. The van der Waals surface area contributed by atoms with Gasteiger partial charge in [0.1, 0.15) is 0 Å². The molecule has 7 heteroatoms. The highest BCUT2D eigenvalue weighted by atomic mass is 35.5. The number of nitrogens with one attached hydrogen (secondary N) is 2. The topological polar surface area (TPSA) is 67.4 Å². The molecule has 0 radical (unpaired) electrons. The van der Waals surface area contributed by atoms with E-state index in [9.17, 15) is 9.59 Å². The molecule has 2 aromatic carbocycles. The average Bonchev–Trinajstić information content (AvgIpc) is 2.52. The summed E-state index contributed by atoms with van der Waals surface area (Å²) in [4.78, 5) is 23.7. The molecular weight excluding hydrogens is 339 g/mol. The Morgan fingerprint density at radius 1 is 1.09 bits per heavy atom. The van der Waals surface area contributed by atoms with E-state index < -0.39 is 5.97 Å². The Hall–Kier alpha value is -2.24. The molecule has 0 atom stereocenters. The SMILES string of the molecule is COC(=O)c1ccccc1NC(=O)CNc1cc(Cl)cc(Cl)c1. The van der Waals surface area contributed by atoms with Crippen molar-refractivity contribution in [3.63, 3.8) is 0 Å². The van der Waals surface area contributed by atoms with Gasteiger partial charge in [-0.2, -0.15) is 0 Å². The van der Waals surface area contributed by atoms with Crippen LogP contribution in [-0.4, -0.2) is 25.5 Å². The largest absolute Gasteiger partial charge is 0.465 e. The van der Waals surface area contributed by atoms with Crippen LogP contribution in [0.4, 0.5) is 11.4 Å². The first-order valence-electron chi connectivity index (χ1n) is 6.67. The van der Waals surface area contributed by atoms with Gasteiger partial charge in [-0.05, 0) is 30.3 Å². The van der Waals surface area contributed by atoms with Gasteiger partial charge in [0.25, 0.3) is 0 Å². The number of esters is 1. The first kappa shape index (κ1) is 17.1. The van der Waals surface area contributed by atoms with E-state index in [0.29, 0.717) is 21.4 Å². The maximum Gasteiger partial charge on any atom is 0.339 e. The molecule has 0 aliphatic carbocycles. The highest BCUT2D eigenvalue weighted by Crippen LogP contribution is 2.22. The Labute approximate surface area is 143 Å². The molecule has 0 spiro atoms. The Balaban J connectivity index is 2.01. The number of carbonyl (C=O) groups is 2. The van der Waals surface area contributed by atoms with Crippen LogP contribution in [0.15, 0.2) is 42.5 Å². The lowest BCUT2D eigenvalue weighted by atomic mass is 10.2. The number of amides is 1. The number of carbonyl (C=O) groups excluding carboxylic acids is 2. The maximum absolute atomic E-state index is 12.0. The molecule has 0 saturated heterocycles. The Morgan fingerprint density at radius 3 is 2.39 bits per heavy atom. The molecule has 0 aromatic heterocycles. The first-order chi connectivity index (χ1) is 11.0. The van der Waals surface area contributed by atoms with Crippen molar-refractivity contribution in [3.8, 4) is 0 Å². The molecule has 2 rings (SSSR count). The van der Waals surface area contributed by atoms with E-state index in [-0.39, 0.29) is 18.0 Å². The van der Waals surface area contributed by atoms with Crippen molar-refractivity contribution >= 4 is 46.5 Å². The lowest BCUT2D eigenvalue weighted by Gasteiger charge is -2.11. The third-order valence-corrected chi connectivity index (χ3v) is 3.36. The van der Waals surface area contributed by atoms with Crippen LogP contribution in [0.25, 0.3) is 0 Å². The number of para-hydroxylation sites is 1. The number of halogens is 2. The zero-order valence-electron chi connectivity index (χ0n) is 12.2. The van der Waals surface area contributed by atoms with Gasteiger partial charge in [-0.25, -0.2) is 4.79 Å². The van der Waals surface area contributed by atoms with Gasteiger partial charge in [0, 0.05) is 15.7 Å². The highest BCUT2D eigenvalue weighted by molar-refractivity contribution is 6.35. The number of anilines is 2. The molecule has 0 bridgehead atoms. The number of hydrogen-bond acceptors (Lipinski definition) is 4. The van der Waals surface area contributed by atoms with Crippen molar-refractivity contribution in [2.24, 2.45) is 0 Å². The summed E-state index contributed by atoms with van der Waals surface area (Å²) < 4.78 is 4.68. The minimum atomic E-state index is -0.518. The quantitative estimate of drug-likeness (QED) is 0.802. The number of methoxy groups -OCH3 is 1. The van der Waals surface area contributed by atoms with E-state index in [4.69, 9.17) is 23.2 Å². The zero-order valence-corrected chi connectivity index (χ0v) is 13.7. The lowest BCUT2D eigenvalue weighted by molar-refractivity contribution is -0.114. The summed E-state index contributed by atoms with van der Waals surface area (Å²) >= 11 is 11.8. The first-order valence-corrected chi connectivity index (χ1v) is 7.42. The van der Waals surface area contributed by atoms with Gasteiger partial charge in [0.05, 0.1) is 24.9 Å². The molecule has 1 amide bonds. The van der Waals surface area contributed by atoms with Crippen molar-refractivity contribution in [1.82, 2.24) is 0 Å². The van der Waals surface area contributed by atoms with E-state index >= 15 is 0 Å². The summed E-state index contributed by atoms with van der Waals surface area (Å²) in [6.45, 7) is -0.00776. The van der Waals surface area contributed by atoms with Crippen molar-refractivity contribution in [2.75, 3.05) is 24.3 Å². The lowest BCUT2D eigenvalue weighted by Crippen LogP contribution is -2.23. The van der Waals surface area contributed by atoms with Crippen molar-refractivity contribution < 1.29 is 14.3 Å². The maximum atomic E-state index is 12.0. The molecule has 0 saturated carbocycles. The molecule has 0 aliphatic rings. The number of hydrogen-bond donors (Lipinski definition) is 2. The van der Waals surface area contributed by atoms with E-state index in [2.05, 4.69) is 15.4 Å². The van der Waals surface area contributed by atoms with E-state index in [1.54, 1.807) is 42.5 Å². The molecule has 0 unspecified atom stereocenters. The molecule has 0 fully saturated rings. The van der Waals surface area contributed by atoms with Crippen LogP contribution in [0, 0.1) is 0 Å². The molecule has 0 aliphatic heterocycles. The minimum Gasteiger partial charge on any atom is -0.465 e. The average molecular weight is 353 g/mol. The van der Waals surface area contributed by atoms with Gasteiger partial charge in [-0.1, -0.05) is 35.3 Å². The fraction of sp³-hybridized carbons (Fsp3) is 0.125. The van der Waals surface area contributed by atoms with Gasteiger partial charge >= 0.3 is 5.97 Å². The molecule has 5 nitrogen and oxygen atoms in total. The molecule has 120 valence electrons. The fourth-order valence-corrected chi connectivity index (χ4v) is 2.44. The third-order valence-electron chi connectivity index (χ3n) is 2.92. The smallest absolute Gasteiger partial charge is 0.339 e. The minimum absolute atomic E-state index is 0.00776. The van der Waals surface area contributed by atoms with Crippen LogP contribution >= 0.6 is 23.2 Å². The summed E-state index contributed by atoms with van der Waals surface area (Å²) in [5, 5.41) is 6.51. The van der Waals surface area contributed by atoms with E-state index in [1.165, 1.54) is 7.11 Å². The summed E-state index contributed by atoms with van der Waals surface area (Å²) in [7, 11) is 1.28. The van der Waals surface area contributed by atoms with Crippen LogP contribution in [0.5, 0.6) is 0 Å². The number of ether oxygens (including phenoxy) is 1. The van der Waals surface area contributed by atoms with Crippen molar-refractivity contribution in [2.45, 2.75) is 0 Å². The van der Waals surface area contributed by atoms with Crippen LogP contribution in [0.2, 0.25) is 10.0 Å². The summed E-state index contributed by atoms with van der Waals surface area (Å²) in [6.07, 6.45) is 0. The van der Waals surface area contributed by atoms with E-state index in [1.807, 2.05) is 0 Å². The predicted molar refractivity (Wildman–Crippen MR) is 91.4 cm³/mol. The van der Waals surface area contributed by atoms with Crippen LogP contribution in [0.3, 0.4) is 0 Å². The molecule has 23 heavy (non-hydrogen) atoms. The fourth-order valence-electron chi connectivity index (χ4n) is 1.91. The van der Waals surface area contributed by atoms with Gasteiger partial charge in [0.15, 0.2) is 0 Å². The summed E-state index contributed by atoms with van der Waals surface area (Å²) in [5.74, 6) is -0.840. The van der Waals surface area contributed by atoms with Gasteiger partial charge < -0.3 is 15.4 Å². The molecule has 0 heterocycles. The summed E-state index contributed by atoms with van der Waals surface area (Å²) in [5.41, 5.74) is 1.29. The van der Waals surface area contributed by atoms with Crippen LogP contribution in [0.1, 0.15) is 10.4 Å². The Morgan fingerprint density at radius 2 is 1.74 bits per heavy atom. The molecular formula is C16H14Cl2N2O3. The number of benzene rings is 2. The monoisotopic (exact) mass is 352 g/mol. The van der Waals surface area contributed by atoms with Crippen LogP contribution in [-0.2, 0) is 9.53 Å². The second-order valence-corrected chi connectivity index (χ2v) is 5.47. The van der Waals surface area contributed by atoms with Crippen molar-refractivity contribution in [1.29, 1.82) is 0 Å². The van der Waals surface area contributed by atoms with Gasteiger partial charge in [-0.15, -0.1) is 0 Å². The summed E-state index contributed by atoms with van der Waals surface area (Å²) in [6, 6.07) is 11.5. The predicted octanol–water partition coefficient (Wildman–Crippen LogP) is 3.83. The number of rotatable bonds is 5. The standard InChI is InChI=1S/C16H14Cl2N2O3/c1-23-16(22)13-4-2-3-5-14(13)20-15(21)9-19-12-7-10(17)6-11(18)8-12/h2-8,19H,9H2,1H3,(H,20,21). The van der Waals surface area contributed by atoms with E-state index in [0.717, 1.165) is 0 Å². The normalized spacial score (nSPS) is 10.0. The van der Waals surface area contributed by atoms with Crippen LogP contribution < -0.4 is 10.6 Å². The second kappa shape index (κ2) is 7.85. The van der Waals surface area contributed by atoms with Gasteiger partial charge in [0.2, 0.25) is 5.91 Å². The third kappa shape index (κ3) is 4.87. The van der Waals surface area contributed by atoms with Crippen molar-refractivity contribution in [3.05, 3.63) is 58.1 Å².